The number of fused-ring (bicyclic) bond motifs is 1. The Kier molecular flexibility index (Phi) is 8.72. The number of aromatic hydroxyl groups is 1. The lowest BCUT2D eigenvalue weighted by Crippen LogP contribution is -2.30. The fourth-order valence-electron chi connectivity index (χ4n) is 4.63. The van der Waals surface area contributed by atoms with Crippen molar-refractivity contribution in [2.45, 2.75) is 37.5 Å². The Morgan fingerprint density at radius 2 is 1.78 bits per heavy atom. The lowest BCUT2D eigenvalue weighted by atomic mass is 9.70. The topological polar surface area (TPSA) is 91.5 Å². The van der Waals surface area contributed by atoms with E-state index in [4.69, 9.17) is 0 Å². The molecule has 0 aliphatic heterocycles. The number of carbonyl (C=O) groups is 1. The molecule has 0 atom stereocenters. The van der Waals surface area contributed by atoms with Crippen LogP contribution in [0.4, 0.5) is 5.82 Å². The van der Waals surface area contributed by atoms with E-state index in [9.17, 15) is 9.90 Å². The molecule has 7 nitrogen and oxygen atoms in total. The zero-order valence-electron chi connectivity index (χ0n) is 20.5. The van der Waals surface area contributed by atoms with Crippen molar-refractivity contribution in [3.63, 3.8) is 0 Å². The van der Waals surface area contributed by atoms with Crippen molar-refractivity contribution in [3.8, 4) is 17.0 Å². The minimum atomic E-state index is -0.167. The van der Waals surface area contributed by atoms with Crippen molar-refractivity contribution in [1.29, 1.82) is 0 Å². The Hall–Kier alpha value is -3.23. The number of phenols is 1. The molecule has 2 aromatic heterocycles. The second-order valence-corrected chi connectivity index (χ2v) is 9.86. The van der Waals surface area contributed by atoms with E-state index < -0.39 is 0 Å². The van der Waals surface area contributed by atoms with Gasteiger partial charge in [0.25, 0.3) is 0 Å². The zero-order chi connectivity index (χ0) is 25.4. The Balaban J connectivity index is 0.000000187. The van der Waals surface area contributed by atoms with E-state index in [1.807, 2.05) is 43.4 Å². The van der Waals surface area contributed by atoms with E-state index >= 15 is 0 Å². The number of nitrogens with zero attached hydrogens (tertiary/aromatic N) is 3. The van der Waals surface area contributed by atoms with Gasteiger partial charge in [0, 0.05) is 24.7 Å². The highest BCUT2D eigenvalue weighted by atomic mass is 79.9. The van der Waals surface area contributed by atoms with Crippen molar-refractivity contribution < 1.29 is 9.90 Å². The van der Waals surface area contributed by atoms with Crippen LogP contribution >= 0.6 is 15.9 Å². The van der Waals surface area contributed by atoms with Gasteiger partial charge in [0.1, 0.15) is 17.9 Å². The smallest absolute Gasteiger partial charge is 0.172 e. The molecule has 2 aromatic carbocycles. The molecule has 0 spiro atoms. The van der Waals surface area contributed by atoms with E-state index in [0.29, 0.717) is 16.9 Å². The lowest BCUT2D eigenvalue weighted by molar-refractivity contribution is -0.113. The van der Waals surface area contributed by atoms with Crippen LogP contribution in [-0.4, -0.2) is 46.1 Å². The average Bonchev–Trinajstić information content (AvgIpc) is 3.31. The van der Waals surface area contributed by atoms with Crippen LogP contribution in [0, 0.1) is 0 Å². The summed E-state index contributed by atoms with van der Waals surface area (Å²) in [6.07, 6.45) is 8.59. The third kappa shape index (κ3) is 5.77. The molecule has 2 heterocycles. The molecule has 188 valence electrons. The van der Waals surface area contributed by atoms with Crippen LogP contribution in [0.3, 0.4) is 0 Å². The molecule has 1 aliphatic carbocycles. The molecule has 0 radical (unpaired) electrons. The summed E-state index contributed by atoms with van der Waals surface area (Å²) < 4.78 is 2.55. The molecule has 0 unspecified atom stereocenters. The van der Waals surface area contributed by atoms with Gasteiger partial charge in [-0.15, -0.1) is 0 Å². The van der Waals surface area contributed by atoms with Gasteiger partial charge in [0.2, 0.25) is 0 Å². The number of para-hydroxylation sites is 1. The van der Waals surface area contributed by atoms with E-state index in [1.54, 1.807) is 22.8 Å². The quantitative estimate of drug-likeness (QED) is 0.206. The van der Waals surface area contributed by atoms with Gasteiger partial charge in [-0.25, -0.2) is 4.98 Å². The second kappa shape index (κ2) is 12.1. The first-order chi connectivity index (χ1) is 17.6. The summed E-state index contributed by atoms with van der Waals surface area (Å²) in [6.45, 7) is 1.59. The normalized spacial score (nSPS) is 14.6. The summed E-state index contributed by atoms with van der Waals surface area (Å²) >= 11 is 3.46. The Labute approximate surface area is 220 Å². The highest BCUT2D eigenvalue weighted by molar-refractivity contribution is 9.10. The summed E-state index contributed by atoms with van der Waals surface area (Å²) in [5.41, 5.74) is 3.12. The van der Waals surface area contributed by atoms with Crippen molar-refractivity contribution in [2.24, 2.45) is 0 Å². The number of anilines is 1. The number of rotatable bonds is 7. The molecule has 4 aromatic rings. The van der Waals surface area contributed by atoms with Crippen molar-refractivity contribution in [3.05, 3.63) is 76.9 Å². The first-order valence-electron chi connectivity index (χ1n) is 12.3. The number of nitrogens with one attached hydrogen (secondary N) is 2. The third-order valence-corrected chi connectivity index (χ3v) is 7.17. The number of benzene rings is 2. The van der Waals surface area contributed by atoms with Gasteiger partial charge in [-0.3, -0.25) is 0 Å². The van der Waals surface area contributed by atoms with Crippen LogP contribution in [0.1, 0.15) is 37.7 Å². The highest BCUT2D eigenvalue weighted by Crippen LogP contribution is 2.37. The van der Waals surface area contributed by atoms with E-state index in [0.717, 1.165) is 36.2 Å². The van der Waals surface area contributed by atoms with Gasteiger partial charge >= 0.3 is 0 Å². The number of likely N-dealkylation sites (N-methyl/N-ethyl adjacent to an activating group) is 1. The maximum Gasteiger partial charge on any atom is 0.172 e. The molecule has 36 heavy (non-hydrogen) atoms. The standard InChI is InChI=1S/C15H16BrN5O.C13H16O/c1-17-6-7-18-14-8-12(10-4-2-3-5-13(10)22)20-15-11(16)9-19-21(14)15;14-11-13(9-5-2-6-10-13)12-7-3-1-4-8-12/h2-5,8-9,17-18,22H,6-7H2,1H3;1,3-4,7-8,11H,2,5-6,9-10H2. The fraction of sp³-hybridized carbons (Fsp3) is 0.321. The molecule has 1 fully saturated rings. The van der Waals surface area contributed by atoms with Crippen LogP contribution in [0.5, 0.6) is 5.75 Å². The Bertz CT molecular complexity index is 1290. The second-order valence-electron chi connectivity index (χ2n) is 9.00. The summed E-state index contributed by atoms with van der Waals surface area (Å²) in [6, 6.07) is 19.3. The summed E-state index contributed by atoms with van der Waals surface area (Å²) in [5, 5.41) is 20.8. The van der Waals surface area contributed by atoms with Gasteiger partial charge in [-0.05, 0) is 53.5 Å². The Morgan fingerprint density at radius 1 is 1.06 bits per heavy atom. The molecular weight excluding hydrogens is 518 g/mol. The van der Waals surface area contributed by atoms with Crippen LogP contribution < -0.4 is 10.6 Å². The molecule has 0 saturated heterocycles. The first-order valence-corrected chi connectivity index (χ1v) is 13.1. The minimum Gasteiger partial charge on any atom is -0.507 e. The number of aromatic nitrogens is 3. The molecule has 0 bridgehead atoms. The van der Waals surface area contributed by atoms with Crippen LogP contribution in [0.2, 0.25) is 0 Å². The van der Waals surface area contributed by atoms with E-state index in [-0.39, 0.29) is 11.2 Å². The third-order valence-electron chi connectivity index (χ3n) is 6.61. The Morgan fingerprint density at radius 3 is 2.47 bits per heavy atom. The predicted octanol–water partition coefficient (Wildman–Crippen LogP) is 5.58. The monoisotopic (exact) mass is 549 g/mol. The first kappa shape index (κ1) is 25.9. The fourth-order valence-corrected chi connectivity index (χ4v) is 4.98. The van der Waals surface area contributed by atoms with Gasteiger partial charge in [0.05, 0.1) is 21.8 Å². The number of hydrogen-bond donors (Lipinski definition) is 3. The highest BCUT2D eigenvalue weighted by Gasteiger charge is 2.33. The predicted molar refractivity (Wildman–Crippen MR) is 147 cm³/mol. The number of hydrogen-bond acceptors (Lipinski definition) is 6. The largest absolute Gasteiger partial charge is 0.507 e. The van der Waals surface area contributed by atoms with Gasteiger partial charge in [0.15, 0.2) is 5.65 Å². The summed E-state index contributed by atoms with van der Waals surface area (Å²) in [5.74, 6) is 1.03. The van der Waals surface area contributed by atoms with Crippen molar-refractivity contribution in [2.75, 3.05) is 25.5 Å². The van der Waals surface area contributed by atoms with Crippen molar-refractivity contribution in [1.82, 2.24) is 19.9 Å². The minimum absolute atomic E-state index is 0.167. The molecule has 1 saturated carbocycles. The zero-order valence-corrected chi connectivity index (χ0v) is 22.0. The maximum atomic E-state index is 11.3. The van der Waals surface area contributed by atoms with Crippen LogP contribution in [0.15, 0.2) is 71.3 Å². The van der Waals surface area contributed by atoms with E-state index in [2.05, 4.69) is 48.8 Å². The molecule has 1 aliphatic rings. The lowest BCUT2D eigenvalue weighted by Gasteiger charge is -2.32. The van der Waals surface area contributed by atoms with Crippen LogP contribution in [0.25, 0.3) is 16.9 Å². The van der Waals surface area contributed by atoms with Crippen LogP contribution in [-0.2, 0) is 10.2 Å². The molecular formula is C28H32BrN5O2. The summed E-state index contributed by atoms with van der Waals surface area (Å²) in [4.78, 5) is 15.9. The number of halogens is 1. The number of phenolic OH excluding ortho intramolecular Hbond substituents is 1. The molecule has 3 N–H and O–H groups in total. The molecule has 5 rings (SSSR count). The van der Waals surface area contributed by atoms with E-state index in [1.165, 1.54) is 31.1 Å². The van der Waals surface area contributed by atoms with Crippen molar-refractivity contribution >= 4 is 33.7 Å². The van der Waals surface area contributed by atoms with Gasteiger partial charge in [-0.1, -0.05) is 61.7 Å². The molecule has 8 heteroatoms. The van der Waals surface area contributed by atoms with Gasteiger partial charge < -0.3 is 20.5 Å². The number of carbonyl (C=O) groups excluding carboxylic acids is 1. The summed E-state index contributed by atoms with van der Waals surface area (Å²) in [7, 11) is 1.90. The molecule has 0 amide bonds. The van der Waals surface area contributed by atoms with Gasteiger partial charge in [-0.2, -0.15) is 9.61 Å². The average molecular weight is 551 g/mol. The SMILES string of the molecule is CNCCNc1cc(-c2ccccc2O)nc2c(Br)cnn12.O=CC1(c2ccccc2)CCCCC1. The maximum absolute atomic E-state index is 11.3. The number of aldehydes is 1.